The van der Waals surface area contributed by atoms with Crippen molar-refractivity contribution in [2.75, 3.05) is 0 Å². The topological polar surface area (TPSA) is 17.8 Å². The Labute approximate surface area is 148 Å². The predicted molar refractivity (Wildman–Crippen MR) is 99.4 cm³/mol. The number of rotatable bonds is 3. The van der Waals surface area contributed by atoms with E-state index in [0.29, 0.717) is 12.0 Å². The van der Waals surface area contributed by atoms with Crippen LogP contribution < -0.4 is 0 Å². The average Bonchev–Trinajstić information content (AvgIpc) is 3.21. The first-order valence-corrected chi connectivity index (χ1v) is 9.56. The molecule has 0 saturated carbocycles. The van der Waals surface area contributed by atoms with Crippen molar-refractivity contribution in [1.29, 1.82) is 0 Å². The van der Waals surface area contributed by atoms with Crippen LogP contribution in [0.2, 0.25) is 0 Å². The summed E-state index contributed by atoms with van der Waals surface area (Å²) in [6.45, 7) is 0. The molecule has 2 nitrogen and oxygen atoms in total. The summed E-state index contributed by atoms with van der Waals surface area (Å²) in [5, 5.41) is 2.21. The third kappa shape index (κ3) is 2.63. The highest BCUT2D eigenvalue weighted by Crippen LogP contribution is 2.40. The third-order valence-electron chi connectivity index (χ3n) is 4.59. The second-order valence-electron chi connectivity index (χ2n) is 5.86. The Hall–Kier alpha value is -1.14. The number of benzene rings is 1. The maximum atomic E-state index is 4.29. The zero-order valence-electron chi connectivity index (χ0n) is 12.2. The van der Waals surface area contributed by atoms with Gasteiger partial charge in [0.1, 0.15) is 0 Å². The van der Waals surface area contributed by atoms with Crippen LogP contribution in [0.15, 0.2) is 54.4 Å². The van der Waals surface area contributed by atoms with Gasteiger partial charge in [0.15, 0.2) is 0 Å². The van der Waals surface area contributed by atoms with Gasteiger partial charge in [-0.05, 0) is 70.3 Å². The molecular weight excluding hydrogens is 403 g/mol. The molecule has 3 aromatic rings. The molecule has 22 heavy (non-hydrogen) atoms. The molecule has 2 unspecified atom stereocenters. The van der Waals surface area contributed by atoms with E-state index in [2.05, 4.69) is 74.1 Å². The zero-order valence-corrected chi connectivity index (χ0v) is 15.1. The van der Waals surface area contributed by atoms with Crippen molar-refractivity contribution >= 4 is 33.9 Å². The van der Waals surface area contributed by atoms with Crippen molar-refractivity contribution in [1.82, 2.24) is 9.55 Å². The standard InChI is InChI=1S/C18H17IN2S/c19-16-7-10-22-18(16)17(21-9-8-20-12-21)15-6-5-13-3-1-2-4-14(13)11-15/h1-4,7-10,12,15,17H,5-6,11H2. The molecule has 4 rings (SSSR count). The number of thiophene rings is 1. The highest BCUT2D eigenvalue weighted by Gasteiger charge is 2.30. The van der Waals surface area contributed by atoms with Gasteiger partial charge in [0.05, 0.1) is 12.4 Å². The van der Waals surface area contributed by atoms with Gasteiger partial charge in [-0.15, -0.1) is 11.3 Å². The second kappa shape index (κ2) is 6.16. The Balaban J connectivity index is 1.72. The van der Waals surface area contributed by atoms with E-state index in [0.717, 1.165) is 6.42 Å². The van der Waals surface area contributed by atoms with Crippen molar-refractivity contribution in [3.05, 3.63) is 74.0 Å². The van der Waals surface area contributed by atoms with E-state index in [1.807, 2.05) is 23.9 Å². The molecule has 2 atom stereocenters. The molecule has 1 aromatic carbocycles. The number of fused-ring (bicyclic) bond motifs is 1. The number of aromatic nitrogens is 2. The molecule has 0 fully saturated rings. The largest absolute Gasteiger partial charge is 0.329 e. The van der Waals surface area contributed by atoms with Gasteiger partial charge in [-0.25, -0.2) is 4.98 Å². The van der Waals surface area contributed by atoms with E-state index in [1.165, 1.54) is 32.4 Å². The van der Waals surface area contributed by atoms with Gasteiger partial charge >= 0.3 is 0 Å². The maximum absolute atomic E-state index is 4.29. The Bertz CT molecular complexity index is 763. The molecule has 0 radical (unpaired) electrons. The quantitative estimate of drug-likeness (QED) is 0.549. The van der Waals surface area contributed by atoms with Crippen LogP contribution in [-0.4, -0.2) is 9.55 Å². The number of hydrogen-bond acceptors (Lipinski definition) is 2. The lowest BCUT2D eigenvalue weighted by molar-refractivity contribution is 0.341. The molecule has 0 aliphatic heterocycles. The van der Waals surface area contributed by atoms with Crippen molar-refractivity contribution in [2.24, 2.45) is 5.92 Å². The van der Waals surface area contributed by atoms with Gasteiger partial charge in [0.25, 0.3) is 0 Å². The Morgan fingerprint density at radius 2 is 2.09 bits per heavy atom. The van der Waals surface area contributed by atoms with E-state index in [9.17, 15) is 0 Å². The van der Waals surface area contributed by atoms with Crippen LogP contribution >= 0.6 is 33.9 Å². The molecule has 2 aromatic heterocycles. The van der Waals surface area contributed by atoms with Gasteiger partial charge in [-0.3, -0.25) is 0 Å². The lowest BCUT2D eigenvalue weighted by Crippen LogP contribution is -2.25. The Morgan fingerprint density at radius 3 is 2.82 bits per heavy atom. The normalized spacial score (nSPS) is 18.9. The van der Waals surface area contributed by atoms with Crippen LogP contribution in [0.1, 0.15) is 28.5 Å². The summed E-state index contributed by atoms with van der Waals surface area (Å²) < 4.78 is 3.67. The van der Waals surface area contributed by atoms with Crippen LogP contribution in [-0.2, 0) is 12.8 Å². The van der Waals surface area contributed by atoms with E-state index >= 15 is 0 Å². The highest BCUT2D eigenvalue weighted by molar-refractivity contribution is 14.1. The zero-order chi connectivity index (χ0) is 14.9. The molecule has 0 N–H and O–H groups in total. The minimum atomic E-state index is 0.405. The van der Waals surface area contributed by atoms with Gasteiger partial charge in [0.2, 0.25) is 0 Å². The monoisotopic (exact) mass is 420 g/mol. The lowest BCUT2D eigenvalue weighted by atomic mass is 9.79. The van der Waals surface area contributed by atoms with E-state index in [-0.39, 0.29) is 0 Å². The first kappa shape index (κ1) is 14.5. The van der Waals surface area contributed by atoms with Crippen LogP contribution in [0.4, 0.5) is 0 Å². The van der Waals surface area contributed by atoms with Gasteiger partial charge in [0, 0.05) is 20.8 Å². The van der Waals surface area contributed by atoms with E-state index < -0.39 is 0 Å². The smallest absolute Gasteiger partial charge is 0.0952 e. The summed E-state index contributed by atoms with van der Waals surface area (Å²) in [5.41, 5.74) is 3.06. The first-order chi connectivity index (χ1) is 10.8. The summed E-state index contributed by atoms with van der Waals surface area (Å²) in [5.74, 6) is 0.635. The molecule has 2 heterocycles. The van der Waals surface area contributed by atoms with Gasteiger partial charge in [-0.1, -0.05) is 24.3 Å². The molecule has 4 heteroatoms. The van der Waals surface area contributed by atoms with Crippen LogP contribution in [0.25, 0.3) is 0 Å². The Kier molecular flexibility index (Phi) is 4.05. The third-order valence-corrected chi connectivity index (χ3v) is 6.89. The number of hydrogen-bond donors (Lipinski definition) is 0. The fourth-order valence-electron chi connectivity index (χ4n) is 3.54. The second-order valence-corrected chi connectivity index (χ2v) is 7.97. The summed E-state index contributed by atoms with van der Waals surface area (Å²) in [4.78, 5) is 5.76. The number of imidazole rings is 1. The molecule has 1 aliphatic rings. The molecular formula is C18H17IN2S. The molecule has 112 valence electrons. The number of nitrogens with zero attached hydrogens (tertiary/aromatic N) is 2. The van der Waals surface area contributed by atoms with Crippen LogP contribution in [0.5, 0.6) is 0 Å². The predicted octanol–water partition coefficient (Wildman–Crippen LogP) is 4.94. The van der Waals surface area contributed by atoms with Crippen molar-refractivity contribution < 1.29 is 0 Å². The molecule has 0 spiro atoms. The molecule has 0 bridgehead atoms. The molecule has 1 aliphatic carbocycles. The van der Waals surface area contributed by atoms with Crippen LogP contribution in [0, 0.1) is 9.49 Å². The first-order valence-electron chi connectivity index (χ1n) is 7.60. The van der Waals surface area contributed by atoms with Gasteiger partial charge in [-0.2, -0.15) is 0 Å². The highest BCUT2D eigenvalue weighted by atomic mass is 127. The minimum absolute atomic E-state index is 0.405. The summed E-state index contributed by atoms with van der Waals surface area (Å²) in [6.07, 6.45) is 9.57. The number of aryl methyl sites for hydroxylation is 1. The fourth-order valence-corrected chi connectivity index (χ4v) is 5.65. The lowest BCUT2D eigenvalue weighted by Gasteiger charge is -2.32. The van der Waals surface area contributed by atoms with Crippen molar-refractivity contribution in [3.8, 4) is 0 Å². The van der Waals surface area contributed by atoms with E-state index in [1.54, 1.807) is 0 Å². The fraction of sp³-hybridized carbons (Fsp3) is 0.278. The SMILES string of the molecule is Ic1ccsc1C(C1CCc2ccccc2C1)n1ccnc1. The Morgan fingerprint density at radius 1 is 1.23 bits per heavy atom. The molecule has 0 saturated heterocycles. The van der Waals surface area contributed by atoms with Gasteiger partial charge < -0.3 is 4.57 Å². The summed E-state index contributed by atoms with van der Waals surface area (Å²) in [6, 6.07) is 11.5. The minimum Gasteiger partial charge on any atom is -0.329 e. The summed E-state index contributed by atoms with van der Waals surface area (Å²) in [7, 11) is 0. The maximum Gasteiger partial charge on any atom is 0.0952 e. The van der Waals surface area contributed by atoms with E-state index in [4.69, 9.17) is 0 Å². The van der Waals surface area contributed by atoms with Crippen LogP contribution in [0.3, 0.4) is 0 Å². The average molecular weight is 420 g/mol. The number of halogens is 1. The summed E-state index contributed by atoms with van der Waals surface area (Å²) >= 11 is 4.34. The molecule has 0 amide bonds. The van der Waals surface area contributed by atoms with Crippen molar-refractivity contribution in [2.45, 2.75) is 25.3 Å². The van der Waals surface area contributed by atoms with Crippen molar-refractivity contribution in [3.63, 3.8) is 0 Å².